The molecule has 2 heterocycles. The van der Waals surface area contributed by atoms with E-state index in [0.717, 1.165) is 9.88 Å². The number of rotatable bonds is 4. The Kier molecular flexibility index (Phi) is 5.07. The van der Waals surface area contributed by atoms with Crippen LogP contribution in [0.4, 0.5) is 5.13 Å². The summed E-state index contributed by atoms with van der Waals surface area (Å²) in [6.45, 7) is 0. The SMILES string of the molecule is O=C(/C=C/c1ccc(Cl)cc1Cl)Nc1nnc(-c2cccs2)s1. The van der Waals surface area contributed by atoms with Crippen LogP contribution in [0.5, 0.6) is 0 Å². The minimum atomic E-state index is -0.301. The molecule has 1 amide bonds. The van der Waals surface area contributed by atoms with Crippen LogP contribution in [0.3, 0.4) is 0 Å². The molecule has 0 aliphatic rings. The number of amides is 1. The van der Waals surface area contributed by atoms with Gasteiger partial charge in [0.2, 0.25) is 11.0 Å². The lowest BCUT2D eigenvalue weighted by Crippen LogP contribution is -2.07. The molecule has 8 heteroatoms. The number of nitrogens with zero attached hydrogens (tertiary/aromatic N) is 2. The summed E-state index contributed by atoms with van der Waals surface area (Å²) < 4.78 is 0. The Morgan fingerprint density at radius 2 is 2.09 bits per heavy atom. The summed E-state index contributed by atoms with van der Waals surface area (Å²) in [5.74, 6) is -0.301. The summed E-state index contributed by atoms with van der Waals surface area (Å²) in [5, 5.41) is 14.9. The molecule has 0 saturated heterocycles. The van der Waals surface area contributed by atoms with Crippen LogP contribution >= 0.6 is 45.9 Å². The van der Waals surface area contributed by atoms with Crippen LogP contribution in [0.15, 0.2) is 41.8 Å². The van der Waals surface area contributed by atoms with Gasteiger partial charge in [-0.1, -0.05) is 46.7 Å². The molecule has 0 fully saturated rings. The maximum atomic E-state index is 11.9. The van der Waals surface area contributed by atoms with Gasteiger partial charge in [-0.25, -0.2) is 0 Å². The van der Waals surface area contributed by atoms with Gasteiger partial charge in [0.25, 0.3) is 0 Å². The summed E-state index contributed by atoms with van der Waals surface area (Å²) in [4.78, 5) is 13.0. The zero-order valence-electron chi connectivity index (χ0n) is 11.5. The molecule has 1 aromatic carbocycles. The van der Waals surface area contributed by atoms with E-state index in [0.29, 0.717) is 20.7 Å². The molecule has 3 rings (SSSR count). The van der Waals surface area contributed by atoms with E-state index in [1.54, 1.807) is 35.6 Å². The van der Waals surface area contributed by atoms with E-state index in [1.807, 2.05) is 17.5 Å². The van der Waals surface area contributed by atoms with E-state index in [2.05, 4.69) is 15.5 Å². The standard InChI is InChI=1S/C15H9Cl2N3OS2/c16-10-5-3-9(11(17)8-10)4-6-13(21)18-15-20-19-14(23-15)12-2-1-7-22-12/h1-8H,(H,18,20,21)/b6-4+. The third kappa shape index (κ3) is 4.17. The molecule has 0 unspecified atom stereocenters. The lowest BCUT2D eigenvalue weighted by atomic mass is 10.2. The maximum absolute atomic E-state index is 11.9. The van der Waals surface area contributed by atoms with Crippen molar-refractivity contribution in [3.63, 3.8) is 0 Å². The Labute approximate surface area is 150 Å². The highest BCUT2D eigenvalue weighted by molar-refractivity contribution is 7.23. The maximum Gasteiger partial charge on any atom is 0.250 e. The number of benzene rings is 1. The van der Waals surface area contributed by atoms with Crippen LogP contribution in [0.25, 0.3) is 16.0 Å². The molecule has 23 heavy (non-hydrogen) atoms. The van der Waals surface area contributed by atoms with Crippen molar-refractivity contribution < 1.29 is 4.79 Å². The Bertz CT molecular complexity index is 859. The molecule has 0 spiro atoms. The molecule has 0 radical (unpaired) electrons. The van der Waals surface area contributed by atoms with E-state index >= 15 is 0 Å². The number of hydrogen-bond donors (Lipinski definition) is 1. The molecular formula is C15H9Cl2N3OS2. The van der Waals surface area contributed by atoms with Gasteiger partial charge < -0.3 is 0 Å². The first kappa shape index (κ1) is 16.1. The average Bonchev–Trinajstić information content (AvgIpc) is 3.17. The quantitative estimate of drug-likeness (QED) is 0.629. The molecule has 0 atom stereocenters. The number of thiophene rings is 1. The van der Waals surface area contributed by atoms with Gasteiger partial charge in [0.1, 0.15) is 0 Å². The molecule has 0 aliphatic carbocycles. The average molecular weight is 382 g/mol. The lowest BCUT2D eigenvalue weighted by molar-refractivity contribution is -0.111. The second-order valence-electron chi connectivity index (χ2n) is 4.38. The van der Waals surface area contributed by atoms with Crippen molar-refractivity contribution >= 4 is 63.0 Å². The number of anilines is 1. The van der Waals surface area contributed by atoms with Gasteiger partial charge in [-0.15, -0.1) is 21.5 Å². The fourth-order valence-corrected chi connectivity index (χ4v) is 3.73. The normalized spacial score (nSPS) is 11.0. The van der Waals surface area contributed by atoms with E-state index < -0.39 is 0 Å². The van der Waals surface area contributed by atoms with Gasteiger partial charge in [0.05, 0.1) is 4.88 Å². The van der Waals surface area contributed by atoms with Crippen LogP contribution in [-0.2, 0) is 4.79 Å². The topological polar surface area (TPSA) is 54.9 Å². The van der Waals surface area contributed by atoms with Crippen molar-refractivity contribution in [3.8, 4) is 9.88 Å². The number of halogens is 2. The van der Waals surface area contributed by atoms with Crippen molar-refractivity contribution in [2.45, 2.75) is 0 Å². The highest BCUT2D eigenvalue weighted by atomic mass is 35.5. The van der Waals surface area contributed by atoms with Crippen molar-refractivity contribution in [1.82, 2.24) is 10.2 Å². The van der Waals surface area contributed by atoms with Gasteiger partial charge in [0, 0.05) is 16.1 Å². The molecule has 116 valence electrons. The zero-order valence-corrected chi connectivity index (χ0v) is 14.6. The lowest BCUT2D eigenvalue weighted by Gasteiger charge is -1.99. The monoisotopic (exact) mass is 381 g/mol. The molecule has 0 aliphatic heterocycles. The summed E-state index contributed by atoms with van der Waals surface area (Å²) >= 11 is 14.8. The van der Waals surface area contributed by atoms with E-state index in [1.165, 1.54) is 17.4 Å². The third-order valence-corrected chi connectivity index (χ3v) is 5.20. The predicted molar refractivity (Wildman–Crippen MR) is 97.3 cm³/mol. The van der Waals surface area contributed by atoms with Crippen molar-refractivity contribution in [2.75, 3.05) is 5.32 Å². The molecule has 0 bridgehead atoms. The molecule has 1 N–H and O–H groups in total. The third-order valence-electron chi connectivity index (χ3n) is 2.76. The van der Waals surface area contributed by atoms with Crippen molar-refractivity contribution in [1.29, 1.82) is 0 Å². The Balaban J connectivity index is 1.66. The first-order valence-electron chi connectivity index (χ1n) is 6.43. The summed E-state index contributed by atoms with van der Waals surface area (Å²) in [6.07, 6.45) is 3.01. The number of carbonyl (C=O) groups excluding carboxylic acids is 1. The second kappa shape index (κ2) is 7.23. The van der Waals surface area contributed by atoms with Crippen LogP contribution < -0.4 is 5.32 Å². The van der Waals surface area contributed by atoms with Gasteiger partial charge in [-0.3, -0.25) is 10.1 Å². The Hall–Kier alpha value is -1.73. The number of carbonyl (C=O) groups is 1. The molecular weight excluding hydrogens is 373 g/mol. The minimum Gasteiger partial charge on any atom is -0.297 e. The van der Waals surface area contributed by atoms with Gasteiger partial charge in [0.15, 0.2) is 5.01 Å². The summed E-state index contributed by atoms with van der Waals surface area (Å²) in [5.41, 5.74) is 0.711. The van der Waals surface area contributed by atoms with Crippen LogP contribution in [0, 0.1) is 0 Å². The highest BCUT2D eigenvalue weighted by Crippen LogP contribution is 2.29. The number of aromatic nitrogens is 2. The summed E-state index contributed by atoms with van der Waals surface area (Å²) in [6, 6.07) is 8.98. The van der Waals surface area contributed by atoms with Crippen molar-refractivity contribution in [3.05, 3.63) is 57.4 Å². The van der Waals surface area contributed by atoms with Gasteiger partial charge in [-0.2, -0.15) is 0 Å². The van der Waals surface area contributed by atoms with E-state index in [-0.39, 0.29) is 5.91 Å². The van der Waals surface area contributed by atoms with Crippen molar-refractivity contribution in [2.24, 2.45) is 0 Å². The second-order valence-corrected chi connectivity index (χ2v) is 7.15. The fourth-order valence-electron chi connectivity index (χ4n) is 1.72. The number of hydrogen-bond acceptors (Lipinski definition) is 5. The van der Waals surface area contributed by atoms with E-state index in [9.17, 15) is 4.79 Å². The molecule has 3 aromatic rings. The van der Waals surface area contributed by atoms with Gasteiger partial charge in [-0.05, 0) is 35.2 Å². The largest absolute Gasteiger partial charge is 0.297 e. The zero-order chi connectivity index (χ0) is 16.2. The molecule has 4 nitrogen and oxygen atoms in total. The number of nitrogens with one attached hydrogen (secondary N) is 1. The van der Waals surface area contributed by atoms with E-state index in [4.69, 9.17) is 23.2 Å². The Morgan fingerprint density at radius 3 is 2.83 bits per heavy atom. The predicted octanol–water partition coefficient (Wildman–Crippen LogP) is 5.23. The van der Waals surface area contributed by atoms with Crippen LogP contribution in [0.2, 0.25) is 10.0 Å². The fraction of sp³-hybridized carbons (Fsp3) is 0. The Morgan fingerprint density at radius 1 is 1.22 bits per heavy atom. The first-order valence-corrected chi connectivity index (χ1v) is 8.88. The molecule has 0 saturated carbocycles. The van der Waals surface area contributed by atoms with Gasteiger partial charge >= 0.3 is 0 Å². The first-order chi connectivity index (χ1) is 11.1. The van der Waals surface area contributed by atoms with Crippen LogP contribution in [0.1, 0.15) is 5.56 Å². The smallest absolute Gasteiger partial charge is 0.250 e. The molecule has 2 aromatic heterocycles. The summed E-state index contributed by atoms with van der Waals surface area (Å²) in [7, 11) is 0. The highest BCUT2D eigenvalue weighted by Gasteiger charge is 2.09. The minimum absolute atomic E-state index is 0.301. The van der Waals surface area contributed by atoms with Crippen LogP contribution in [-0.4, -0.2) is 16.1 Å².